The molecular weight excluding hydrogens is 329 g/mol. The molecule has 0 unspecified atom stereocenters. The summed E-state index contributed by atoms with van der Waals surface area (Å²) in [6.45, 7) is 4.54. The van der Waals surface area contributed by atoms with E-state index < -0.39 is 43.8 Å². The molecule has 10 heteroatoms. The molecule has 0 atom stereocenters. The molecule has 0 radical (unpaired) electrons. The van der Waals surface area contributed by atoms with Gasteiger partial charge in [-0.25, -0.2) is 8.42 Å². The van der Waals surface area contributed by atoms with Crippen LogP contribution >= 0.6 is 0 Å². The summed E-state index contributed by atoms with van der Waals surface area (Å²) in [4.78, 5) is 21.0. The van der Waals surface area contributed by atoms with Crippen LogP contribution in [0.5, 0.6) is 0 Å². The van der Waals surface area contributed by atoms with Crippen LogP contribution in [0.15, 0.2) is 23.1 Å². The Morgan fingerprint density at radius 2 is 2.04 bits per heavy atom. The maximum atomic E-state index is 13.3. The third kappa shape index (κ3) is 4.70. The van der Waals surface area contributed by atoms with Crippen molar-refractivity contribution in [3.8, 4) is 0 Å². The Morgan fingerprint density at radius 3 is 2.52 bits per heavy atom. The fourth-order valence-corrected chi connectivity index (χ4v) is 3.26. The number of nitro benzene ring substituents is 1. The number of amides is 1. The first-order chi connectivity index (χ1) is 10.6. The monoisotopic (exact) mass is 347 g/mol. The van der Waals surface area contributed by atoms with E-state index in [2.05, 4.69) is 5.32 Å². The van der Waals surface area contributed by atoms with Gasteiger partial charge in [-0.1, -0.05) is 6.92 Å². The third-order valence-corrected chi connectivity index (χ3v) is 4.79. The maximum absolute atomic E-state index is 13.3. The van der Waals surface area contributed by atoms with Gasteiger partial charge in [-0.15, -0.1) is 0 Å². The van der Waals surface area contributed by atoms with Crippen LogP contribution in [0.1, 0.15) is 20.8 Å². The van der Waals surface area contributed by atoms with Crippen LogP contribution in [0.25, 0.3) is 0 Å². The molecule has 1 amide bonds. The number of carbonyl (C=O) groups is 1. The molecule has 1 rings (SSSR count). The number of benzene rings is 1. The number of nitrogens with one attached hydrogen (secondary N) is 1. The van der Waals surface area contributed by atoms with Crippen molar-refractivity contribution in [2.75, 3.05) is 13.1 Å². The van der Waals surface area contributed by atoms with Crippen LogP contribution in [-0.2, 0) is 14.8 Å². The predicted octanol–water partition coefficient (Wildman–Crippen LogP) is 1.27. The number of carbonyl (C=O) groups excluding carboxylic acids is 1. The number of rotatable bonds is 7. The molecule has 0 aliphatic rings. The lowest BCUT2D eigenvalue weighted by Gasteiger charge is -2.20. The smallest absolute Gasteiger partial charge is 0.306 e. The van der Waals surface area contributed by atoms with Gasteiger partial charge < -0.3 is 5.32 Å². The SMILES string of the molecule is CCN(CC(=O)NC(C)C)S(=O)(=O)c1ccc(F)c([N+](=O)[O-])c1. The minimum absolute atomic E-state index is 0.0149. The van der Waals surface area contributed by atoms with Crippen molar-refractivity contribution in [3.05, 3.63) is 34.1 Å². The molecule has 8 nitrogen and oxygen atoms in total. The number of halogens is 1. The summed E-state index contributed by atoms with van der Waals surface area (Å²) < 4.78 is 39.1. The van der Waals surface area contributed by atoms with Crippen molar-refractivity contribution in [1.29, 1.82) is 0 Å². The highest BCUT2D eigenvalue weighted by Crippen LogP contribution is 2.23. The van der Waals surface area contributed by atoms with Crippen molar-refractivity contribution in [3.63, 3.8) is 0 Å². The highest BCUT2D eigenvalue weighted by Gasteiger charge is 2.28. The van der Waals surface area contributed by atoms with Crippen molar-refractivity contribution < 1.29 is 22.5 Å². The molecule has 0 spiro atoms. The van der Waals surface area contributed by atoms with Crippen molar-refractivity contribution >= 4 is 21.6 Å². The summed E-state index contributed by atoms with van der Waals surface area (Å²) >= 11 is 0. The molecule has 0 aromatic heterocycles. The van der Waals surface area contributed by atoms with Gasteiger partial charge in [-0.2, -0.15) is 8.70 Å². The molecule has 0 bridgehead atoms. The van der Waals surface area contributed by atoms with E-state index in [9.17, 15) is 27.7 Å². The Labute approximate surface area is 133 Å². The fourth-order valence-electron chi connectivity index (χ4n) is 1.84. The quantitative estimate of drug-likeness (QED) is 0.590. The topological polar surface area (TPSA) is 110 Å². The molecule has 1 aromatic carbocycles. The lowest BCUT2D eigenvalue weighted by atomic mass is 10.3. The predicted molar refractivity (Wildman–Crippen MR) is 80.8 cm³/mol. The van der Waals surface area contributed by atoms with E-state index >= 15 is 0 Å². The van der Waals surface area contributed by atoms with Gasteiger partial charge in [0.05, 0.1) is 16.4 Å². The number of nitrogens with zero attached hydrogens (tertiary/aromatic N) is 2. The lowest BCUT2D eigenvalue weighted by molar-refractivity contribution is -0.387. The zero-order valence-corrected chi connectivity index (χ0v) is 13.8. The Morgan fingerprint density at radius 1 is 1.43 bits per heavy atom. The second-order valence-electron chi connectivity index (χ2n) is 5.02. The minimum atomic E-state index is -4.15. The summed E-state index contributed by atoms with van der Waals surface area (Å²) in [7, 11) is -4.15. The van der Waals surface area contributed by atoms with Crippen LogP contribution in [0.4, 0.5) is 10.1 Å². The van der Waals surface area contributed by atoms with Crippen LogP contribution < -0.4 is 5.32 Å². The first-order valence-corrected chi connectivity index (χ1v) is 8.27. The fraction of sp³-hybridized carbons (Fsp3) is 0.462. The summed E-state index contributed by atoms with van der Waals surface area (Å²) in [5.74, 6) is -1.63. The third-order valence-electron chi connectivity index (χ3n) is 2.87. The molecule has 0 fully saturated rings. The number of sulfonamides is 1. The minimum Gasteiger partial charge on any atom is -0.353 e. The molecule has 0 saturated heterocycles. The molecule has 1 N–H and O–H groups in total. The van der Waals surface area contributed by atoms with Crippen LogP contribution in [0.2, 0.25) is 0 Å². The van der Waals surface area contributed by atoms with Gasteiger partial charge in [-0.05, 0) is 26.0 Å². The van der Waals surface area contributed by atoms with Gasteiger partial charge in [0.25, 0.3) is 0 Å². The number of hydrogen-bond acceptors (Lipinski definition) is 5. The van der Waals surface area contributed by atoms with E-state index in [0.717, 1.165) is 10.4 Å². The van der Waals surface area contributed by atoms with E-state index in [1.807, 2.05) is 0 Å². The zero-order valence-electron chi connectivity index (χ0n) is 12.9. The second kappa shape index (κ2) is 7.47. The van der Waals surface area contributed by atoms with Gasteiger partial charge in [0, 0.05) is 18.7 Å². The van der Waals surface area contributed by atoms with Crippen molar-refractivity contribution in [2.45, 2.75) is 31.7 Å². The average molecular weight is 347 g/mol. The Bertz CT molecular complexity index is 706. The molecular formula is C13H18FN3O5S. The Balaban J connectivity index is 3.15. The average Bonchev–Trinajstić information content (AvgIpc) is 2.43. The molecule has 0 heterocycles. The highest BCUT2D eigenvalue weighted by atomic mass is 32.2. The van der Waals surface area contributed by atoms with E-state index in [1.165, 1.54) is 6.92 Å². The van der Waals surface area contributed by atoms with Gasteiger partial charge in [0.15, 0.2) is 0 Å². The molecule has 23 heavy (non-hydrogen) atoms. The first-order valence-electron chi connectivity index (χ1n) is 6.83. The molecule has 0 aliphatic heterocycles. The Hall–Kier alpha value is -2.07. The summed E-state index contributed by atoms with van der Waals surface area (Å²) in [6, 6.07) is 2.14. The van der Waals surface area contributed by atoms with Crippen LogP contribution in [-0.4, -0.2) is 42.7 Å². The van der Waals surface area contributed by atoms with Crippen molar-refractivity contribution in [2.24, 2.45) is 0 Å². The largest absolute Gasteiger partial charge is 0.353 e. The maximum Gasteiger partial charge on any atom is 0.306 e. The Kier molecular flexibility index (Phi) is 6.16. The molecule has 1 aromatic rings. The normalized spacial score (nSPS) is 11.7. The molecule has 0 saturated carbocycles. The summed E-state index contributed by atoms with van der Waals surface area (Å²) in [5, 5.41) is 13.3. The van der Waals surface area contributed by atoms with Gasteiger partial charge in [0.1, 0.15) is 0 Å². The van der Waals surface area contributed by atoms with Gasteiger partial charge in [0.2, 0.25) is 21.7 Å². The lowest BCUT2D eigenvalue weighted by Crippen LogP contribution is -2.42. The van der Waals surface area contributed by atoms with Gasteiger partial charge >= 0.3 is 5.69 Å². The molecule has 128 valence electrons. The summed E-state index contributed by atoms with van der Waals surface area (Å²) in [5.41, 5.74) is -0.936. The van der Waals surface area contributed by atoms with Gasteiger partial charge in [-0.3, -0.25) is 14.9 Å². The highest BCUT2D eigenvalue weighted by molar-refractivity contribution is 7.89. The first kappa shape index (κ1) is 19.0. The van der Waals surface area contributed by atoms with Crippen molar-refractivity contribution in [1.82, 2.24) is 9.62 Å². The van der Waals surface area contributed by atoms with E-state index in [0.29, 0.717) is 12.1 Å². The van der Waals surface area contributed by atoms with E-state index in [1.54, 1.807) is 13.8 Å². The standard InChI is InChI=1S/C13H18FN3O5S/c1-4-16(8-13(18)15-9(2)3)23(21,22)10-5-6-11(14)12(7-10)17(19)20/h5-7,9H,4,8H2,1-3H3,(H,15,18). The summed E-state index contributed by atoms with van der Waals surface area (Å²) in [6.07, 6.45) is 0. The zero-order chi connectivity index (χ0) is 17.8. The number of hydrogen-bond donors (Lipinski definition) is 1. The van der Waals surface area contributed by atoms with E-state index in [-0.39, 0.29) is 12.6 Å². The second-order valence-corrected chi connectivity index (χ2v) is 6.96. The molecule has 0 aliphatic carbocycles. The van der Waals surface area contributed by atoms with E-state index in [4.69, 9.17) is 0 Å². The number of nitro groups is 1. The number of likely N-dealkylation sites (N-methyl/N-ethyl adjacent to an activating group) is 1. The van der Waals surface area contributed by atoms with Crippen LogP contribution in [0, 0.1) is 15.9 Å². The van der Waals surface area contributed by atoms with Crippen LogP contribution in [0.3, 0.4) is 0 Å².